The number of ether oxygens (including phenoxy) is 1. The Labute approximate surface area is 146 Å². The van der Waals surface area contributed by atoms with Crippen molar-refractivity contribution in [3.05, 3.63) is 59.0 Å². The molecule has 3 aromatic rings. The van der Waals surface area contributed by atoms with E-state index in [0.717, 1.165) is 28.5 Å². The fourth-order valence-electron chi connectivity index (χ4n) is 2.67. The maximum absolute atomic E-state index is 12.9. The lowest BCUT2D eigenvalue weighted by atomic mass is 10.1. The predicted octanol–water partition coefficient (Wildman–Crippen LogP) is 3.98. The summed E-state index contributed by atoms with van der Waals surface area (Å²) < 4.78 is 5.50. The Bertz CT molecular complexity index is 957. The number of aromatic amines is 1. The first-order valence-electron chi connectivity index (χ1n) is 8.36. The summed E-state index contributed by atoms with van der Waals surface area (Å²) >= 11 is 0. The summed E-state index contributed by atoms with van der Waals surface area (Å²) in [5.74, 6) is -0.392. The van der Waals surface area contributed by atoms with Gasteiger partial charge >= 0.3 is 5.97 Å². The lowest BCUT2D eigenvalue weighted by Gasteiger charge is -2.05. The van der Waals surface area contributed by atoms with E-state index in [4.69, 9.17) is 4.74 Å². The van der Waals surface area contributed by atoms with Gasteiger partial charge in [0.1, 0.15) is 11.4 Å². The molecule has 25 heavy (non-hydrogen) atoms. The molecule has 0 atom stereocenters. The highest BCUT2D eigenvalue weighted by molar-refractivity contribution is 6.13. The Hall–Kier alpha value is -2.95. The second kappa shape index (κ2) is 6.89. The van der Waals surface area contributed by atoms with Crippen LogP contribution in [0.25, 0.3) is 10.9 Å². The Balaban J connectivity index is 2.17. The van der Waals surface area contributed by atoms with Crippen molar-refractivity contribution >= 4 is 22.7 Å². The number of aryl methyl sites for hydroxylation is 2. The molecule has 0 spiro atoms. The molecule has 128 valence electrons. The Morgan fingerprint density at radius 3 is 2.64 bits per heavy atom. The van der Waals surface area contributed by atoms with Gasteiger partial charge in [0.25, 0.3) is 0 Å². The van der Waals surface area contributed by atoms with Crippen LogP contribution in [-0.2, 0) is 11.2 Å². The van der Waals surface area contributed by atoms with Gasteiger partial charge in [0, 0.05) is 23.5 Å². The molecule has 0 radical (unpaired) electrons. The van der Waals surface area contributed by atoms with Crippen LogP contribution < -0.4 is 4.74 Å². The minimum absolute atomic E-state index is 0.233. The molecule has 0 fully saturated rings. The number of nitrogens with one attached hydrogen (secondary N) is 1. The molecule has 1 N–H and O–H groups in total. The Kier molecular flexibility index (Phi) is 4.65. The number of benzene rings is 1. The zero-order chi connectivity index (χ0) is 18.0. The van der Waals surface area contributed by atoms with Crippen molar-refractivity contribution in [1.82, 2.24) is 9.97 Å². The molecule has 5 heteroatoms. The average molecular weight is 336 g/mol. The molecule has 0 saturated heterocycles. The lowest BCUT2D eigenvalue weighted by Crippen LogP contribution is -2.11. The van der Waals surface area contributed by atoms with Crippen molar-refractivity contribution in [3.63, 3.8) is 0 Å². The van der Waals surface area contributed by atoms with E-state index in [1.165, 1.54) is 0 Å². The average Bonchev–Trinajstić information content (AvgIpc) is 2.98. The third-order valence-corrected chi connectivity index (χ3v) is 4.10. The summed E-state index contributed by atoms with van der Waals surface area (Å²) in [6, 6.07) is 9.39. The van der Waals surface area contributed by atoms with Crippen LogP contribution in [0.4, 0.5) is 0 Å². The van der Waals surface area contributed by atoms with Crippen LogP contribution in [0.3, 0.4) is 0 Å². The fraction of sp³-hybridized carbons (Fsp3) is 0.250. The molecule has 2 heterocycles. The van der Waals surface area contributed by atoms with Crippen LogP contribution in [0.15, 0.2) is 36.5 Å². The number of aromatic nitrogens is 2. The molecule has 5 nitrogen and oxygen atoms in total. The van der Waals surface area contributed by atoms with Crippen molar-refractivity contribution in [2.24, 2.45) is 0 Å². The molecule has 0 bridgehead atoms. The van der Waals surface area contributed by atoms with Crippen molar-refractivity contribution in [2.45, 2.75) is 33.6 Å². The predicted molar refractivity (Wildman–Crippen MR) is 96.0 cm³/mol. The van der Waals surface area contributed by atoms with E-state index in [9.17, 15) is 9.59 Å². The molecule has 0 saturated carbocycles. The minimum Gasteiger partial charge on any atom is -0.423 e. The molecule has 3 rings (SSSR count). The zero-order valence-corrected chi connectivity index (χ0v) is 14.6. The Morgan fingerprint density at radius 2 is 1.96 bits per heavy atom. The van der Waals surface area contributed by atoms with Crippen LogP contribution in [0, 0.1) is 6.92 Å². The first-order chi connectivity index (χ1) is 12.0. The number of ketones is 1. The minimum atomic E-state index is -0.381. The number of pyridine rings is 1. The highest BCUT2D eigenvalue weighted by Crippen LogP contribution is 2.33. The maximum Gasteiger partial charge on any atom is 0.310 e. The molecular formula is C20H20N2O3. The van der Waals surface area contributed by atoms with Crippen molar-refractivity contribution < 1.29 is 14.3 Å². The van der Waals surface area contributed by atoms with Crippen molar-refractivity contribution in [1.29, 1.82) is 0 Å². The molecule has 1 aromatic carbocycles. The van der Waals surface area contributed by atoms with Crippen LogP contribution in [0.5, 0.6) is 5.75 Å². The van der Waals surface area contributed by atoms with Gasteiger partial charge in [0.15, 0.2) is 5.75 Å². The quantitative estimate of drug-likeness (QED) is 0.565. The van der Waals surface area contributed by atoms with Crippen LogP contribution in [0.2, 0.25) is 0 Å². The van der Waals surface area contributed by atoms with E-state index in [1.807, 2.05) is 38.1 Å². The molecular weight excluding hydrogens is 316 g/mol. The van der Waals surface area contributed by atoms with Crippen LogP contribution in [-0.4, -0.2) is 21.7 Å². The summed E-state index contributed by atoms with van der Waals surface area (Å²) in [6.07, 6.45) is 2.68. The van der Waals surface area contributed by atoms with Gasteiger partial charge in [-0.2, -0.15) is 0 Å². The summed E-state index contributed by atoms with van der Waals surface area (Å²) in [5.41, 5.74) is 3.37. The first-order valence-corrected chi connectivity index (χ1v) is 8.36. The highest BCUT2D eigenvalue weighted by Gasteiger charge is 2.23. The molecule has 2 aromatic heterocycles. The number of carbonyl (C=O) groups excluding carboxylic acids is 2. The van der Waals surface area contributed by atoms with Crippen LogP contribution >= 0.6 is 0 Å². The lowest BCUT2D eigenvalue weighted by molar-refractivity contribution is -0.133. The van der Waals surface area contributed by atoms with Gasteiger partial charge in [0.05, 0.1) is 0 Å². The monoisotopic (exact) mass is 336 g/mol. The summed E-state index contributed by atoms with van der Waals surface area (Å²) in [4.78, 5) is 32.1. The van der Waals surface area contributed by atoms with E-state index >= 15 is 0 Å². The third kappa shape index (κ3) is 3.31. The smallest absolute Gasteiger partial charge is 0.310 e. The molecule has 0 unspecified atom stereocenters. The summed E-state index contributed by atoms with van der Waals surface area (Å²) in [6.45, 7) is 5.67. The number of nitrogens with zero attached hydrogens (tertiary/aromatic N) is 1. The van der Waals surface area contributed by atoms with E-state index in [1.54, 1.807) is 19.2 Å². The fourth-order valence-corrected chi connectivity index (χ4v) is 2.67. The highest BCUT2D eigenvalue weighted by atomic mass is 16.5. The SMILES string of the molecule is CCC(=O)Oc1c(C(=O)c2cc(C)ccn2)[nH]c2ccc(CC)cc12. The topological polar surface area (TPSA) is 72.1 Å². The van der Waals surface area contributed by atoms with Crippen molar-refractivity contribution in [2.75, 3.05) is 0 Å². The van der Waals surface area contributed by atoms with E-state index in [2.05, 4.69) is 9.97 Å². The largest absolute Gasteiger partial charge is 0.423 e. The van der Waals surface area contributed by atoms with Crippen molar-refractivity contribution in [3.8, 4) is 5.75 Å². The van der Waals surface area contributed by atoms with E-state index < -0.39 is 0 Å². The number of rotatable bonds is 5. The van der Waals surface area contributed by atoms with Gasteiger partial charge in [-0.05, 0) is 48.7 Å². The van der Waals surface area contributed by atoms with Gasteiger partial charge in [-0.15, -0.1) is 0 Å². The van der Waals surface area contributed by atoms with E-state index in [-0.39, 0.29) is 29.6 Å². The van der Waals surface area contributed by atoms with E-state index in [0.29, 0.717) is 5.69 Å². The second-order valence-corrected chi connectivity index (χ2v) is 5.94. The third-order valence-electron chi connectivity index (χ3n) is 4.10. The number of hydrogen-bond donors (Lipinski definition) is 1. The van der Waals surface area contributed by atoms with Gasteiger partial charge in [-0.25, -0.2) is 0 Å². The van der Waals surface area contributed by atoms with Gasteiger partial charge < -0.3 is 9.72 Å². The molecule has 0 aliphatic heterocycles. The molecule has 0 amide bonds. The zero-order valence-electron chi connectivity index (χ0n) is 14.6. The first kappa shape index (κ1) is 16.9. The van der Waals surface area contributed by atoms with Gasteiger partial charge in [-0.1, -0.05) is 19.9 Å². The normalized spacial score (nSPS) is 10.8. The number of hydrogen-bond acceptors (Lipinski definition) is 4. The van der Waals surface area contributed by atoms with Gasteiger partial charge in [-0.3, -0.25) is 14.6 Å². The molecule has 0 aliphatic carbocycles. The van der Waals surface area contributed by atoms with Crippen LogP contribution in [0.1, 0.15) is 47.6 Å². The number of H-pyrrole nitrogens is 1. The maximum atomic E-state index is 12.9. The molecule has 0 aliphatic rings. The van der Waals surface area contributed by atoms with Gasteiger partial charge in [0.2, 0.25) is 5.78 Å². The summed E-state index contributed by atoms with van der Waals surface area (Å²) in [7, 11) is 0. The number of esters is 1. The Morgan fingerprint density at radius 1 is 1.16 bits per heavy atom. The standard InChI is InChI=1S/C20H20N2O3/c1-4-13-6-7-15-14(11-13)20(25-17(23)5-2)18(22-15)19(24)16-10-12(3)8-9-21-16/h6-11,22H,4-5H2,1-3H3. The second-order valence-electron chi connectivity index (χ2n) is 5.94. The number of carbonyl (C=O) groups is 2. The summed E-state index contributed by atoms with van der Waals surface area (Å²) in [5, 5.41) is 0.733. The number of fused-ring (bicyclic) bond motifs is 1.